The van der Waals surface area contributed by atoms with Crippen molar-refractivity contribution in [3.8, 4) is 0 Å². The Balaban J connectivity index is 3.19. The van der Waals surface area contributed by atoms with Gasteiger partial charge in [0, 0.05) is 5.02 Å². The van der Waals surface area contributed by atoms with Crippen LogP contribution in [0.15, 0.2) is 23.4 Å². The topological polar surface area (TPSA) is 55.4 Å². The number of nitrogens with zero attached hydrogens (tertiary/aromatic N) is 1. The van der Waals surface area contributed by atoms with Crippen LogP contribution in [0.5, 0.6) is 0 Å². The lowest BCUT2D eigenvalue weighted by Crippen LogP contribution is -1.83. The van der Waals surface area contributed by atoms with E-state index in [4.69, 9.17) is 17.3 Å². The van der Waals surface area contributed by atoms with Gasteiger partial charge in [-0.05, 0) is 23.4 Å². The molecule has 0 unspecified atom stereocenters. The van der Waals surface area contributed by atoms with Gasteiger partial charge in [-0.2, -0.15) is 0 Å². The van der Waals surface area contributed by atoms with E-state index in [1.807, 2.05) is 0 Å². The molecule has 0 amide bonds. The Morgan fingerprint density at radius 1 is 1.50 bits per heavy atom. The normalized spacial score (nSPS) is 9.30. The quantitative estimate of drug-likeness (QED) is 0.501. The average Bonchev–Trinajstić information content (AvgIpc) is 1.88. The molecule has 0 heterocycles. The minimum Gasteiger partial charge on any atom is -0.397 e. The molecular weight excluding hydrogens is 152 g/mol. The van der Waals surface area contributed by atoms with E-state index in [1.54, 1.807) is 6.07 Å². The molecule has 0 aliphatic carbocycles. The second-order valence-corrected chi connectivity index (χ2v) is 2.23. The van der Waals surface area contributed by atoms with Gasteiger partial charge in [-0.1, -0.05) is 11.6 Å². The lowest BCUT2D eigenvalue weighted by molar-refractivity contribution is 1.50. The fourth-order valence-electron chi connectivity index (χ4n) is 0.609. The van der Waals surface area contributed by atoms with E-state index in [-0.39, 0.29) is 5.69 Å². The Morgan fingerprint density at radius 2 is 2.20 bits per heavy atom. The van der Waals surface area contributed by atoms with Crippen LogP contribution in [-0.4, -0.2) is 0 Å². The van der Waals surface area contributed by atoms with Crippen LogP contribution in [0.4, 0.5) is 11.4 Å². The van der Waals surface area contributed by atoms with Crippen LogP contribution in [-0.2, 0) is 0 Å². The van der Waals surface area contributed by atoms with Gasteiger partial charge in [-0.25, -0.2) is 0 Å². The van der Waals surface area contributed by atoms with E-state index < -0.39 is 0 Å². The van der Waals surface area contributed by atoms with Crippen LogP contribution >= 0.6 is 11.6 Å². The number of nitrogens with two attached hydrogens (primary N) is 1. The van der Waals surface area contributed by atoms with Gasteiger partial charge in [0.15, 0.2) is 0 Å². The first-order valence-electron chi connectivity index (χ1n) is 2.62. The summed E-state index contributed by atoms with van der Waals surface area (Å²) < 4.78 is 0. The molecule has 0 radical (unpaired) electrons. The van der Waals surface area contributed by atoms with E-state index in [1.165, 1.54) is 12.1 Å². The second kappa shape index (κ2) is 2.66. The number of nitrogen functional groups attached to an aromatic ring is 1. The van der Waals surface area contributed by atoms with Gasteiger partial charge in [-0.3, -0.25) is 0 Å². The zero-order valence-electron chi connectivity index (χ0n) is 5.04. The van der Waals surface area contributed by atoms with Crippen molar-refractivity contribution in [3.05, 3.63) is 28.1 Å². The molecule has 0 saturated carbocycles. The summed E-state index contributed by atoms with van der Waals surface area (Å²) in [6.45, 7) is 0. The molecular formula is C6H5ClN2O. The van der Waals surface area contributed by atoms with Crippen molar-refractivity contribution in [2.24, 2.45) is 5.18 Å². The standard InChI is InChI=1S/C6H5ClN2O/c7-4-1-2-6(9-10)5(8)3-4/h1-3H,8H2. The van der Waals surface area contributed by atoms with Crippen molar-refractivity contribution in [1.29, 1.82) is 0 Å². The molecule has 2 N–H and O–H groups in total. The highest BCUT2D eigenvalue weighted by Crippen LogP contribution is 2.24. The molecule has 52 valence electrons. The predicted octanol–water partition coefficient (Wildman–Crippen LogP) is 2.32. The van der Waals surface area contributed by atoms with E-state index in [9.17, 15) is 4.91 Å². The Kier molecular flexibility index (Phi) is 1.87. The minimum atomic E-state index is 0.226. The number of hydrogen-bond donors (Lipinski definition) is 1. The Morgan fingerprint density at radius 3 is 2.70 bits per heavy atom. The van der Waals surface area contributed by atoms with Crippen LogP contribution in [0.25, 0.3) is 0 Å². The van der Waals surface area contributed by atoms with Crippen molar-refractivity contribution in [3.63, 3.8) is 0 Å². The van der Waals surface area contributed by atoms with E-state index in [0.717, 1.165) is 0 Å². The summed E-state index contributed by atoms with van der Waals surface area (Å²) in [4.78, 5) is 9.97. The highest BCUT2D eigenvalue weighted by molar-refractivity contribution is 6.31. The van der Waals surface area contributed by atoms with Crippen molar-refractivity contribution in [2.75, 3.05) is 5.73 Å². The number of hydrogen-bond acceptors (Lipinski definition) is 3. The van der Waals surface area contributed by atoms with Crippen LogP contribution in [0.1, 0.15) is 0 Å². The summed E-state index contributed by atoms with van der Waals surface area (Å²) in [7, 11) is 0. The third-order valence-electron chi connectivity index (χ3n) is 1.09. The molecule has 4 heteroatoms. The van der Waals surface area contributed by atoms with Gasteiger partial charge >= 0.3 is 0 Å². The summed E-state index contributed by atoms with van der Waals surface area (Å²) in [5.41, 5.74) is 5.89. The molecule has 0 fully saturated rings. The molecule has 0 saturated heterocycles. The maximum atomic E-state index is 9.97. The lowest BCUT2D eigenvalue weighted by atomic mass is 10.3. The predicted molar refractivity (Wildman–Crippen MR) is 41.3 cm³/mol. The molecule has 3 nitrogen and oxygen atoms in total. The molecule has 0 aliphatic heterocycles. The van der Waals surface area contributed by atoms with Crippen molar-refractivity contribution >= 4 is 23.0 Å². The fourth-order valence-corrected chi connectivity index (χ4v) is 0.789. The average molecular weight is 157 g/mol. The number of rotatable bonds is 1. The van der Waals surface area contributed by atoms with Crippen molar-refractivity contribution < 1.29 is 0 Å². The maximum absolute atomic E-state index is 9.97. The zero-order chi connectivity index (χ0) is 7.56. The molecule has 1 aromatic carbocycles. The molecule has 0 atom stereocenters. The molecule has 0 spiro atoms. The number of benzene rings is 1. The number of nitroso groups, excluding NO2 is 1. The monoisotopic (exact) mass is 156 g/mol. The highest BCUT2D eigenvalue weighted by Gasteiger charge is 1.97. The first-order chi connectivity index (χ1) is 4.74. The molecule has 0 aliphatic rings. The van der Waals surface area contributed by atoms with Gasteiger partial charge in [0.05, 0.1) is 5.69 Å². The molecule has 1 rings (SSSR count). The molecule has 0 aromatic heterocycles. The Labute approximate surface area is 62.8 Å². The summed E-state index contributed by atoms with van der Waals surface area (Å²) >= 11 is 5.55. The third kappa shape index (κ3) is 1.25. The summed E-state index contributed by atoms with van der Waals surface area (Å²) in [6.07, 6.45) is 0. The smallest absolute Gasteiger partial charge is 0.130 e. The van der Waals surface area contributed by atoms with Gasteiger partial charge in [0.1, 0.15) is 5.69 Å². The van der Waals surface area contributed by atoms with Crippen LogP contribution in [0.2, 0.25) is 5.02 Å². The van der Waals surface area contributed by atoms with Gasteiger partial charge in [-0.15, -0.1) is 4.91 Å². The number of halogens is 1. The SMILES string of the molecule is Nc1cc(Cl)ccc1N=O. The minimum absolute atomic E-state index is 0.226. The van der Waals surface area contributed by atoms with Gasteiger partial charge in [0.2, 0.25) is 0 Å². The fraction of sp³-hybridized carbons (Fsp3) is 0. The lowest BCUT2D eigenvalue weighted by Gasteiger charge is -1.94. The van der Waals surface area contributed by atoms with Crippen LogP contribution in [0, 0.1) is 4.91 Å². The molecule has 1 aromatic rings. The molecule has 10 heavy (non-hydrogen) atoms. The van der Waals surface area contributed by atoms with Crippen molar-refractivity contribution in [2.45, 2.75) is 0 Å². The first kappa shape index (κ1) is 7.02. The maximum Gasteiger partial charge on any atom is 0.130 e. The van der Waals surface area contributed by atoms with Gasteiger partial charge < -0.3 is 5.73 Å². The van der Waals surface area contributed by atoms with E-state index in [0.29, 0.717) is 10.7 Å². The Bertz CT molecular complexity index is 262. The van der Waals surface area contributed by atoms with Crippen LogP contribution in [0.3, 0.4) is 0 Å². The summed E-state index contributed by atoms with van der Waals surface area (Å²) in [6, 6.07) is 4.53. The molecule has 0 bridgehead atoms. The highest BCUT2D eigenvalue weighted by atomic mass is 35.5. The van der Waals surface area contributed by atoms with Gasteiger partial charge in [0.25, 0.3) is 0 Å². The summed E-state index contributed by atoms with van der Waals surface area (Å²) in [5, 5.41) is 3.18. The van der Waals surface area contributed by atoms with Crippen LogP contribution < -0.4 is 5.73 Å². The Hall–Kier alpha value is -1.09. The van der Waals surface area contributed by atoms with Crippen molar-refractivity contribution in [1.82, 2.24) is 0 Å². The third-order valence-corrected chi connectivity index (χ3v) is 1.32. The first-order valence-corrected chi connectivity index (χ1v) is 3.00. The van der Waals surface area contributed by atoms with E-state index in [2.05, 4.69) is 5.18 Å². The second-order valence-electron chi connectivity index (χ2n) is 1.79. The number of anilines is 1. The largest absolute Gasteiger partial charge is 0.397 e. The summed E-state index contributed by atoms with van der Waals surface area (Å²) in [5.74, 6) is 0. The zero-order valence-corrected chi connectivity index (χ0v) is 5.80. The van der Waals surface area contributed by atoms with E-state index >= 15 is 0 Å².